The molecule has 0 saturated heterocycles. The van der Waals surface area contributed by atoms with Crippen LogP contribution >= 0.6 is 0 Å². The van der Waals surface area contributed by atoms with Crippen LogP contribution < -0.4 is 10.6 Å². The van der Waals surface area contributed by atoms with Gasteiger partial charge in [-0.25, -0.2) is 0 Å². The Labute approximate surface area is 190 Å². The number of fused-ring (bicyclic) bond motifs is 1. The third-order valence-electron chi connectivity index (χ3n) is 5.28. The molecule has 2 aromatic carbocycles. The van der Waals surface area contributed by atoms with E-state index in [4.69, 9.17) is 0 Å². The third-order valence-corrected chi connectivity index (χ3v) is 5.28. The first-order chi connectivity index (χ1) is 16.0. The molecule has 0 spiro atoms. The molecule has 3 aromatic rings. The fourth-order valence-corrected chi connectivity index (χ4v) is 3.56. The summed E-state index contributed by atoms with van der Waals surface area (Å²) >= 11 is 0. The van der Waals surface area contributed by atoms with Crippen molar-refractivity contribution in [3.63, 3.8) is 0 Å². The van der Waals surface area contributed by atoms with Gasteiger partial charge >= 0.3 is 0 Å². The molecule has 1 aliphatic heterocycles. The molecule has 0 atom stereocenters. The summed E-state index contributed by atoms with van der Waals surface area (Å²) in [7, 11) is 0. The summed E-state index contributed by atoms with van der Waals surface area (Å²) in [5.74, 6) is -1.63. The molecule has 2 N–H and O–H groups in total. The van der Waals surface area contributed by atoms with Crippen LogP contribution in [0.1, 0.15) is 60.3 Å². The zero-order valence-electron chi connectivity index (χ0n) is 18.0. The highest BCUT2D eigenvalue weighted by atomic mass is 16.2. The minimum atomic E-state index is -0.485. The number of para-hydroxylation sites is 1. The Morgan fingerprint density at radius 3 is 2.39 bits per heavy atom. The van der Waals surface area contributed by atoms with Gasteiger partial charge in [0.25, 0.3) is 23.6 Å². The van der Waals surface area contributed by atoms with Crippen LogP contribution in [-0.2, 0) is 6.54 Å². The second-order valence-corrected chi connectivity index (χ2v) is 7.57. The number of rotatable bonds is 7. The lowest BCUT2D eigenvalue weighted by atomic mass is 10.0. The minimum Gasteiger partial charge on any atom is -0.352 e. The molecule has 0 fully saturated rings. The maximum atomic E-state index is 12.9. The van der Waals surface area contributed by atoms with Gasteiger partial charge in [0, 0.05) is 24.5 Å². The number of hydrogen-bond acceptors (Lipinski definition) is 5. The molecule has 0 bridgehead atoms. The van der Waals surface area contributed by atoms with Crippen molar-refractivity contribution in [1.29, 1.82) is 0 Å². The fourth-order valence-electron chi connectivity index (χ4n) is 3.56. The number of carbonyl (C=O) groups is 4. The van der Waals surface area contributed by atoms with Gasteiger partial charge in [0.15, 0.2) is 0 Å². The third kappa shape index (κ3) is 4.50. The number of hydrogen-bond donors (Lipinski definition) is 2. The van der Waals surface area contributed by atoms with Crippen LogP contribution in [0.3, 0.4) is 0 Å². The largest absolute Gasteiger partial charge is 0.352 e. The number of pyridine rings is 1. The fraction of sp³-hybridized carbons (Fsp3) is 0.160. The molecule has 1 aromatic heterocycles. The molecule has 1 aliphatic rings. The quantitative estimate of drug-likeness (QED) is 0.546. The summed E-state index contributed by atoms with van der Waals surface area (Å²) in [4.78, 5) is 56.0. The molecular formula is C25H22N4O4. The second-order valence-electron chi connectivity index (χ2n) is 7.57. The molecular weight excluding hydrogens is 420 g/mol. The highest BCUT2D eigenvalue weighted by molar-refractivity contribution is 6.22. The molecule has 4 amide bonds. The standard InChI is InChI=1S/C25H22N4O4/c1-2-11-27-23(31)19-5-3-4-6-21(19)28-22(30)17-7-8-18-20(14-17)25(33)29(24(18)32)15-16-9-12-26-13-10-16/h3-10,12-14H,2,11,15H2,1H3,(H,27,31)(H,28,30). The van der Waals surface area contributed by atoms with Crippen LogP contribution in [0.15, 0.2) is 67.0 Å². The number of nitrogens with one attached hydrogen (secondary N) is 2. The van der Waals surface area contributed by atoms with Gasteiger partial charge in [-0.2, -0.15) is 0 Å². The zero-order valence-corrected chi connectivity index (χ0v) is 18.0. The molecule has 0 aliphatic carbocycles. The lowest BCUT2D eigenvalue weighted by molar-refractivity contribution is 0.0641. The van der Waals surface area contributed by atoms with Crippen molar-refractivity contribution in [2.24, 2.45) is 0 Å². The monoisotopic (exact) mass is 442 g/mol. The topological polar surface area (TPSA) is 108 Å². The Hall–Kier alpha value is -4.33. The Balaban J connectivity index is 1.54. The van der Waals surface area contributed by atoms with Gasteiger partial charge in [-0.15, -0.1) is 0 Å². The predicted molar refractivity (Wildman–Crippen MR) is 122 cm³/mol. The lowest BCUT2D eigenvalue weighted by Crippen LogP contribution is -2.29. The summed E-state index contributed by atoms with van der Waals surface area (Å²) in [5, 5.41) is 5.53. The number of nitrogens with zero attached hydrogens (tertiary/aromatic N) is 2. The van der Waals surface area contributed by atoms with E-state index in [1.54, 1.807) is 48.8 Å². The van der Waals surface area contributed by atoms with Crippen molar-refractivity contribution < 1.29 is 19.2 Å². The van der Waals surface area contributed by atoms with E-state index in [2.05, 4.69) is 15.6 Å². The number of imide groups is 1. The number of benzene rings is 2. The average molecular weight is 442 g/mol. The zero-order chi connectivity index (χ0) is 23.4. The summed E-state index contributed by atoms with van der Waals surface area (Å²) in [5.41, 5.74) is 2.12. The Bertz CT molecular complexity index is 1240. The summed E-state index contributed by atoms with van der Waals surface area (Å²) in [6.07, 6.45) is 3.98. The molecule has 166 valence electrons. The number of anilines is 1. The maximum Gasteiger partial charge on any atom is 0.261 e. The van der Waals surface area contributed by atoms with E-state index >= 15 is 0 Å². The number of aromatic nitrogens is 1. The SMILES string of the molecule is CCCNC(=O)c1ccccc1NC(=O)c1ccc2c(c1)C(=O)N(Cc1ccncc1)C2=O. The van der Waals surface area contributed by atoms with E-state index in [0.717, 1.165) is 16.9 Å². The summed E-state index contributed by atoms with van der Waals surface area (Å²) < 4.78 is 0. The van der Waals surface area contributed by atoms with E-state index in [1.165, 1.54) is 18.2 Å². The highest BCUT2D eigenvalue weighted by Gasteiger charge is 2.36. The van der Waals surface area contributed by atoms with Crippen molar-refractivity contribution in [2.45, 2.75) is 19.9 Å². The number of amides is 4. The first kappa shape index (κ1) is 21.9. The van der Waals surface area contributed by atoms with Crippen molar-refractivity contribution in [3.8, 4) is 0 Å². The van der Waals surface area contributed by atoms with E-state index in [0.29, 0.717) is 17.8 Å². The summed E-state index contributed by atoms with van der Waals surface area (Å²) in [6, 6.07) is 14.6. The molecule has 0 saturated carbocycles. The van der Waals surface area contributed by atoms with Crippen molar-refractivity contribution in [2.75, 3.05) is 11.9 Å². The first-order valence-electron chi connectivity index (χ1n) is 10.6. The molecule has 2 heterocycles. The number of carbonyl (C=O) groups excluding carboxylic acids is 4. The van der Waals surface area contributed by atoms with Gasteiger partial charge in [0.05, 0.1) is 28.9 Å². The van der Waals surface area contributed by atoms with Crippen LogP contribution in [0.2, 0.25) is 0 Å². The van der Waals surface area contributed by atoms with Crippen molar-refractivity contribution in [1.82, 2.24) is 15.2 Å². The van der Waals surface area contributed by atoms with Gasteiger partial charge in [-0.3, -0.25) is 29.1 Å². The smallest absolute Gasteiger partial charge is 0.261 e. The second kappa shape index (κ2) is 9.44. The Morgan fingerprint density at radius 1 is 0.909 bits per heavy atom. The van der Waals surface area contributed by atoms with Gasteiger partial charge < -0.3 is 10.6 Å². The van der Waals surface area contributed by atoms with E-state index < -0.39 is 17.7 Å². The van der Waals surface area contributed by atoms with Crippen LogP contribution in [0, 0.1) is 0 Å². The van der Waals surface area contributed by atoms with Gasteiger partial charge in [0.2, 0.25) is 0 Å². The summed E-state index contributed by atoms with van der Waals surface area (Å²) in [6.45, 7) is 2.60. The van der Waals surface area contributed by atoms with Gasteiger partial charge in [-0.05, 0) is 54.4 Å². The van der Waals surface area contributed by atoms with Gasteiger partial charge in [0.1, 0.15) is 0 Å². The van der Waals surface area contributed by atoms with Crippen LogP contribution in [0.25, 0.3) is 0 Å². The minimum absolute atomic E-state index is 0.122. The van der Waals surface area contributed by atoms with Crippen LogP contribution in [-0.4, -0.2) is 40.1 Å². The molecule has 8 heteroatoms. The van der Waals surface area contributed by atoms with Crippen molar-refractivity contribution in [3.05, 3.63) is 94.8 Å². The van der Waals surface area contributed by atoms with Crippen molar-refractivity contribution >= 4 is 29.3 Å². The maximum absolute atomic E-state index is 12.9. The van der Waals surface area contributed by atoms with E-state index in [1.807, 2.05) is 6.92 Å². The normalized spacial score (nSPS) is 12.5. The average Bonchev–Trinajstić information content (AvgIpc) is 3.07. The lowest BCUT2D eigenvalue weighted by Gasteiger charge is -2.13. The molecule has 0 radical (unpaired) electrons. The molecule has 4 rings (SSSR count). The predicted octanol–water partition coefficient (Wildman–Crippen LogP) is 3.27. The van der Waals surface area contributed by atoms with Crippen LogP contribution in [0.4, 0.5) is 5.69 Å². The highest BCUT2D eigenvalue weighted by Crippen LogP contribution is 2.26. The van der Waals surface area contributed by atoms with Crippen LogP contribution in [0.5, 0.6) is 0 Å². The Kier molecular flexibility index (Phi) is 6.26. The molecule has 8 nitrogen and oxygen atoms in total. The van der Waals surface area contributed by atoms with Gasteiger partial charge in [-0.1, -0.05) is 19.1 Å². The Morgan fingerprint density at radius 2 is 1.64 bits per heavy atom. The van der Waals surface area contributed by atoms with E-state index in [-0.39, 0.29) is 29.1 Å². The first-order valence-corrected chi connectivity index (χ1v) is 10.6. The molecule has 0 unspecified atom stereocenters. The molecule has 33 heavy (non-hydrogen) atoms. The van der Waals surface area contributed by atoms with E-state index in [9.17, 15) is 19.2 Å².